The summed E-state index contributed by atoms with van der Waals surface area (Å²) < 4.78 is 19.5. The molecule has 0 amide bonds. The van der Waals surface area contributed by atoms with Gasteiger partial charge in [-0.05, 0) is 24.2 Å². The van der Waals surface area contributed by atoms with Gasteiger partial charge in [0.25, 0.3) is 0 Å². The Balaban J connectivity index is 2.14. The molecule has 2 N–H and O–H groups in total. The Hall–Kier alpha value is -1.17. The molecule has 0 aromatic heterocycles. The molecular weight excluding hydrogens is 247 g/mol. The average molecular weight is 268 g/mol. The summed E-state index contributed by atoms with van der Waals surface area (Å²) in [5.41, 5.74) is 1.47. The van der Waals surface area contributed by atoms with Gasteiger partial charge in [0.2, 0.25) is 0 Å². The molecule has 1 aliphatic heterocycles. The summed E-state index contributed by atoms with van der Waals surface area (Å²) >= 11 is 0. The molecule has 106 valence electrons. The first kappa shape index (κ1) is 14.2. The number of aliphatic hydroxyl groups is 1. The fourth-order valence-corrected chi connectivity index (χ4v) is 2.29. The number of morpholine rings is 1. The van der Waals surface area contributed by atoms with E-state index in [1.165, 1.54) is 0 Å². The van der Waals surface area contributed by atoms with Gasteiger partial charge < -0.3 is 20.1 Å². The Morgan fingerprint density at radius 2 is 2.37 bits per heavy atom. The van der Waals surface area contributed by atoms with Gasteiger partial charge in [-0.25, -0.2) is 4.39 Å². The second kappa shape index (κ2) is 6.84. The minimum Gasteiger partial charge on any atom is -0.394 e. The molecule has 0 saturated carbocycles. The van der Waals surface area contributed by atoms with E-state index in [1.54, 1.807) is 12.1 Å². The largest absolute Gasteiger partial charge is 0.394 e. The first-order valence-electron chi connectivity index (χ1n) is 6.70. The van der Waals surface area contributed by atoms with E-state index in [4.69, 9.17) is 4.74 Å². The third-order valence-electron chi connectivity index (χ3n) is 3.34. The maximum absolute atomic E-state index is 14.2. The van der Waals surface area contributed by atoms with Crippen LogP contribution in [0.2, 0.25) is 0 Å². The molecule has 19 heavy (non-hydrogen) atoms. The molecule has 1 aliphatic rings. The van der Waals surface area contributed by atoms with Gasteiger partial charge >= 0.3 is 0 Å². The zero-order valence-corrected chi connectivity index (χ0v) is 11.2. The molecule has 1 unspecified atom stereocenters. The topological polar surface area (TPSA) is 44.7 Å². The number of hydrogen-bond acceptors (Lipinski definition) is 4. The standard InChI is InChI=1S/C14H21FN2O2/c1-2-16-8-11-3-4-14(13(15)7-11)17-5-6-19-10-12(17)9-18/h3-4,7,12,16,18H,2,5-6,8-10H2,1H3. The SMILES string of the molecule is CCNCc1ccc(N2CCOCC2CO)c(F)c1. The lowest BCUT2D eigenvalue weighted by Crippen LogP contribution is -2.48. The Labute approximate surface area is 113 Å². The molecule has 1 aromatic rings. The van der Waals surface area contributed by atoms with E-state index in [1.807, 2.05) is 17.9 Å². The molecule has 0 bridgehead atoms. The lowest BCUT2D eigenvalue weighted by atomic mass is 10.1. The maximum atomic E-state index is 14.2. The molecule has 1 aromatic carbocycles. The molecule has 4 nitrogen and oxygen atoms in total. The normalized spacial score (nSPS) is 19.7. The van der Waals surface area contributed by atoms with Crippen LogP contribution in [0.15, 0.2) is 18.2 Å². The highest BCUT2D eigenvalue weighted by atomic mass is 19.1. The van der Waals surface area contributed by atoms with Crippen LogP contribution < -0.4 is 10.2 Å². The quantitative estimate of drug-likeness (QED) is 0.840. The summed E-state index contributed by atoms with van der Waals surface area (Å²) in [5, 5.41) is 12.5. The first-order chi connectivity index (χ1) is 9.26. The van der Waals surface area contributed by atoms with Crippen molar-refractivity contribution in [3.05, 3.63) is 29.6 Å². The van der Waals surface area contributed by atoms with Gasteiger partial charge in [0, 0.05) is 13.1 Å². The smallest absolute Gasteiger partial charge is 0.146 e. The Kier molecular flexibility index (Phi) is 5.13. The second-order valence-corrected chi connectivity index (χ2v) is 4.67. The van der Waals surface area contributed by atoms with Crippen molar-refractivity contribution >= 4 is 5.69 Å². The first-order valence-corrected chi connectivity index (χ1v) is 6.70. The van der Waals surface area contributed by atoms with Crippen LogP contribution in [0.5, 0.6) is 0 Å². The van der Waals surface area contributed by atoms with Gasteiger partial charge in [0.1, 0.15) is 5.82 Å². The molecule has 1 saturated heterocycles. The molecule has 2 rings (SSSR count). The van der Waals surface area contributed by atoms with Crippen molar-refractivity contribution in [2.75, 3.05) is 37.8 Å². The number of benzene rings is 1. The van der Waals surface area contributed by atoms with Crippen LogP contribution in [0.25, 0.3) is 0 Å². The van der Waals surface area contributed by atoms with Gasteiger partial charge in [-0.15, -0.1) is 0 Å². The monoisotopic (exact) mass is 268 g/mol. The summed E-state index contributed by atoms with van der Waals surface area (Å²) in [5.74, 6) is -0.240. The predicted molar refractivity (Wildman–Crippen MR) is 72.8 cm³/mol. The van der Waals surface area contributed by atoms with Crippen molar-refractivity contribution in [3.63, 3.8) is 0 Å². The molecule has 1 fully saturated rings. The van der Waals surface area contributed by atoms with E-state index >= 15 is 0 Å². The Bertz CT molecular complexity index is 414. The molecule has 1 heterocycles. The highest BCUT2D eigenvalue weighted by molar-refractivity contribution is 5.50. The van der Waals surface area contributed by atoms with Crippen molar-refractivity contribution < 1.29 is 14.2 Å². The van der Waals surface area contributed by atoms with E-state index in [9.17, 15) is 9.50 Å². The predicted octanol–water partition coefficient (Wildman–Crippen LogP) is 1.13. The van der Waals surface area contributed by atoms with E-state index in [2.05, 4.69) is 5.32 Å². The number of nitrogens with zero attached hydrogens (tertiary/aromatic N) is 1. The van der Waals surface area contributed by atoms with Crippen molar-refractivity contribution in [2.45, 2.75) is 19.5 Å². The highest BCUT2D eigenvalue weighted by Gasteiger charge is 2.24. The van der Waals surface area contributed by atoms with Crippen LogP contribution in [0.1, 0.15) is 12.5 Å². The zero-order valence-electron chi connectivity index (χ0n) is 11.2. The van der Waals surface area contributed by atoms with Crippen molar-refractivity contribution in [1.29, 1.82) is 0 Å². The third-order valence-corrected chi connectivity index (χ3v) is 3.34. The second-order valence-electron chi connectivity index (χ2n) is 4.67. The lowest BCUT2D eigenvalue weighted by molar-refractivity contribution is 0.0723. The Morgan fingerprint density at radius 1 is 1.53 bits per heavy atom. The molecule has 0 aliphatic carbocycles. The number of aliphatic hydroxyl groups excluding tert-OH is 1. The maximum Gasteiger partial charge on any atom is 0.146 e. The Morgan fingerprint density at radius 3 is 3.05 bits per heavy atom. The van der Waals surface area contributed by atoms with Crippen LogP contribution >= 0.6 is 0 Å². The lowest BCUT2D eigenvalue weighted by Gasteiger charge is -2.36. The molecule has 1 atom stereocenters. The minimum atomic E-state index is -0.240. The van der Waals surface area contributed by atoms with Gasteiger partial charge in [-0.2, -0.15) is 0 Å². The van der Waals surface area contributed by atoms with Crippen molar-refractivity contribution in [1.82, 2.24) is 5.32 Å². The van der Waals surface area contributed by atoms with Crippen LogP contribution in [0, 0.1) is 5.82 Å². The number of halogens is 1. The molecular formula is C14H21FN2O2. The van der Waals surface area contributed by atoms with Gasteiger partial charge in [0.15, 0.2) is 0 Å². The minimum absolute atomic E-state index is 0.0292. The number of hydrogen-bond donors (Lipinski definition) is 2. The van der Waals surface area contributed by atoms with Crippen LogP contribution in [-0.4, -0.2) is 44.1 Å². The van der Waals surface area contributed by atoms with Crippen LogP contribution in [0.4, 0.5) is 10.1 Å². The van der Waals surface area contributed by atoms with Crippen molar-refractivity contribution in [2.24, 2.45) is 0 Å². The summed E-state index contributed by atoms with van der Waals surface area (Å²) in [4.78, 5) is 1.88. The highest BCUT2D eigenvalue weighted by Crippen LogP contribution is 2.24. The summed E-state index contributed by atoms with van der Waals surface area (Å²) in [6.07, 6.45) is 0. The molecule has 0 spiro atoms. The van der Waals surface area contributed by atoms with Crippen LogP contribution in [-0.2, 0) is 11.3 Å². The zero-order chi connectivity index (χ0) is 13.7. The van der Waals surface area contributed by atoms with E-state index < -0.39 is 0 Å². The molecule has 0 radical (unpaired) electrons. The summed E-state index contributed by atoms with van der Waals surface area (Å²) in [7, 11) is 0. The average Bonchev–Trinajstić information content (AvgIpc) is 2.45. The fourth-order valence-electron chi connectivity index (χ4n) is 2.29. The summed E-state index contributed by atoms with van der Waals surface area (Å²) in [6.45, 7) is 5.13. The van der Waals surface area contributed by atoms with E-state index in [0.717, 1.165) is 12.1 Å². The van der Waals surface area contributed by atoms with E-state index in [-0.39, 0.29) is 18.5 Å². The van der Waals surface area contributed by atoms with Gasteiger partial charge in [0.05, 0.1) is 31.5 Å². The van der Waals surface area contributed by atoms with Crippen molar-refractivity contribution in [3.8, 4) is 0 Å². The molecule has 5 heteroatoms. The summed E-state index contributed by atoms with van der Waals surface area (Å²) in [6, 6.07) is 5.10. The van der Waals surface area contributed by atoms with Gasteiger partial charge in [-0.3, -0.25) is 0 Å². The van der Waals surface area contributed by atoms with Gasteiger partial charge in [-0.1, -0.05) is 13.0 Å². The number of ether oxygens (including phenoxy) is 1. The third kappa shape index (κ3) is 3.43. The van der Waals surface area contributed by atoms with E-state index in [0.29, 0.717) is 32.0 Å². The van der Waals surface area contributed by atoms with Crippen LogP contribution in [0.3, 0.4) is 0 Å². The number of rotatable bonds is 5. The fraction of sp³-hybridized carbons (Fsp3) is 0.571. The number of nitrogens with one attached hydrogen (secondary N) is 1. The number of anilines is 1.